The van der Waals surface area contributed by atoms with Gasteiger partial charge in [-0.05, 0) is 35.7 Å². The Hall–Kier alpha value is -3.51. The molecule has 3 aromatic rings. The van der Waals surface area contributed by atoms with Gasteiger partial charge in [0.1, 0.15) is 5.82 Å². The minimum atomic E-state index is -0.417. The third-order valence-corrected chi connectivity index (χ3v) is 6.81. The molecule has 0 radical (unpaired) electrons. The van der Waals surface area contributed by atoms with Crippen LogP contribution in [0.2, 0.25) is 0 Å². The van der Waals surface area contributed by atoms with E-state index in [0.29, 0.717) is 16.7 Å². The van der Waals surface area contributed by atoms with Crippen LogP contribution in [-0.2, 0) is 19.5 Å². The first-order chi connectivity index (χ1) is 16.5. The average molecular weight is 458 g/mol. The van der Waals surface area contributed by atoms with Crippen molar-refractivity contribution in [3.63, 3.8) is 0 Å². The van der Waals surface area contributed by atoms with Crippen molar-refractivity contribution in [1.29, 1.82) is 0 Å². The van der Waals surface area contributed by atoms with Crippen LogP contribution in [0.4, 0.5) is 10.1 Å². The molecule has 0 spiro atoms. The molecule has 0 atom stereocenters. The van der Waals surface area contributed by atoms with Crippen LogP contribution in [0.25, 0.3) is 0 Å². The van der Waals surface area contributed by atoms with E-state index in [1.807, 2.05) is 12.1 Å². The zero-order valence-corrected chi connectivity index (χ0v) is 19.3. The van der Waals surface area contributed by atoms with Gasteiger partial charge in [0, 0.05) is 38.3 Å². The average Bonchev–Trinajstić information content (AvgIpc) is 3.11. The van der Waals surface area contributed by atoms with Crippen molar-refractivity contribution in [2.45, 2.75) is 26.4 Å². The highest BCUT2D eigenvalue weighted by Crippen LogP contribution is 2.33. The Morgan fingerprint density at radius 2 is 1.47 bits per heavy atom. The maximum Gasteiger partial charge on any atom is 0.263 e. The van der Waals surface area contributed by atoms with Crippen LogP contribution < -0.4 is 4.90 Å². The van der Waals surface area contributed by atoms with E-state index in [1.54, 1.807) is 24.3 Å². The van der Waals surface area contributed by atoms with Crippen LogP contribution in [-0.4, -0.2) is 47.8 Å². The van der Waals surface area contributed by atoms with Crippen LogP contribution in [0.15, 0.2) is 66.7 Å². The molecule has 3 aromatic carbocycles. The number of carbonyl (C=O) groups is 2. The normalized spacial score (nSPS) is 16.3. The van der Waals surface area contributed by atoms with Gasteiger partial charge in [-0.25, -0.2) is 4.39 Å². The molecule has 0 unspecified atom stereocenters. The monoisotopic (exact) mass is 457 g/mol. The van der Waals surface area contributed by atoms with E-state index in [0.717, 1.165) is 49.7 Å². The third-order valence-electron chi connectivity index (χ3n) is 6.81. The number of hydrogen-bond donors (Lipinski definition) is 0. The third kappa shape index (κ3) is 4.21. The Labute approximate surface area is 199 Å². The summed E-state index contributed by atoms with van der Waals surface area (Å²) in [6, 6.07) is 20.5. The second-order valence-corrected chi connectivity index (χ2v) is 8.92. The predicted molar refractivity (Wildman–Crippen MR) is 130 cm³/mol. The predicted octanol–water partition coefficient (Wildman–Crippen LogP) is 4.51. The van der Waals surface area contributed by atoms with Crippen molar-refractivity contribution in [3.8, 4) is 0 Å². The number of anilines is 1. The summed E-state index contributed by atoms with van der Waals surface area (Å²) in [5, 5.41) is 0. The van der Waals surface area contributed by atoms with Gasteiger partial charge in [0.05, 0.1) is 23.4 Å². The molecule has 6 heteroatoms. The Morgan fingerprint density at radius 3 is 2.18 bits per heavy atom. The molecule has 2 aliphatic rings. The summed E-state index contributed by atoms with van der Waals surface area (Å²) < 4.78 is 14.2. The smallest absolute Gasteiger partial charge is 0.263 e. The number of halogens is 1. The first-order valence-corrected chi connectivity index (χ1v) is 11.8. The van der Waals surface area contributed by atoms with Crippen molar-refractivity contribution in [2.75, 3.05) is 31.1 Å². The van der Waals surface area contributed by atoms with Crippen molar-refractivity contribution in [2.24, 2.45) is 0 Å². The zero-order valence-electron chi connectivity index (χ0n) is 19.3. The van der Waals surface area contributed by atoms with Crippen molar-refractivity contribution >= 4 is 17.5 Å². The summed E-state index contributed by atoms with van der Waals surface area (Å²) in [6.45, 7) is 6.30. The number of fused-ring (bicyclic) bond motifs is 1. The van der Waals surface area contributed by atoms with Crippen molar-refractivity contribution in [3.05, 3.63) is 100 Å². The molecule has 2 amide bonds. The molecule has 1 fully saturated rings. The Kier molecular flexibility index (Phi) is 6.16. The highest BCUT2D eigenvalue weighted by molar-refractivity contribution is 6.23. The largest absolute Gasteiger partial charge is 0.368 e. The molecule has 5 nitrogen and oxygen atoms in total. The van der Waals surface area contributed by atoms with E-state index in [-0.39, 0.29) is 18.4 Å². The summed E-state index contributed by atoms with van der Waals surface area (Å²) in [4.78, 5) is 32.1. The van der Waals surface area contributed by atoms with Gasteiger partial charge in [0.25, 0.3) is 11.8 Å². The number of hydrogen-bond acceptors (Lipinski definition) is 4. The van der Waals surface area contributed by atoms with Gasteiger partial charge in [-0.15, -0.1) is 0 Å². The fourth-order valence-electron chi connectivity index (χ4n) is 4.81. The van der Waals surface area contributed by atoms with Crippen LogP contribution in [0.1, 0.15) is 44.3 Å². The lowest BCUT2D eigenvalue weighted by molar-refractivity contribution is 0.0641. The number of amides is 2. The van der Waals surface area contributed by atoms with Crippen LogP contribution in [0, 0.1) is 5.82 Å². The van der Waals surface area contributed by atoms with Crippen molar-refractivity contribution in [1.82, 2.24) is 9.80 Å². The lowest BCUT2D eigenvalue weighted by Crippen LogP contribution is -2.46. The van der Waals surface area contributed by atoms with Crippen molar-refractivity contribution < 1.29 is 14.0 Å². The fourth-order valence-corrected chi connectivity index (χ4v) is 4.81. The molecule has 174 valence electrons. The summed E-state index contributed by atoms with van der Waals surface area (Å²) in [7, 11) is 0. The van der Waals surface area contributed by atoms with Gasteiger partial charge in [-0.1, -0.05) is 55.5 Å². The number of carbonyl (C=O) groups excluding carboxylic acids is 2. The molecule has 1 saturated heterocycles. The van der Waals surface area contributed by atoms with Crippen LogP contribution >= 0.6 is 0 Å². The summed E-state index contributed by atoms with van der Waals surface area (Å²) in [5.41, 5.74) is 4.60. The quantitative estimate of drug-likeness (QED) is 0.511. The van der Waals surface area contributed by atoms with Gasteiger partial charge < -0.3 is 4.90 Å². The molecule has 34 heavy (non-hydrogen) atoms. The molecule has 2 aliphatic heterocycles. The minimum absolute atomic E-state index is 0.0664. The molecule has 2 heterocycles. The van der Waals surface area contributed by atoms with E-state index in [2.05, 4.69) is 41.0 Å². The Balaban J connectivity index is 1.29. The second-order valence-electron chi connectivity index (χ2n) is 8.92. The van der Waals surface area contributed by atoms with E-state index < -0.39 is 5.82 Å². The standard InChI is InChI=1S/C28H28FN3O2/c1-2-20-10-12-21(13-11-20)18-30-14-16-31(17-15-30)25-9-5-7-23-26(25)28(34)32(27(23)33)19-22-6-3-4-8-24(22)29/h3-13H,2,14-19H2,1H3. The number of piperazine rings is 1. The minimum Gasteiger partial charge on any atom is -0.368 e. The number of aryl methyl sites for hydroxylation is 1. The summed E-state index contributed by atoms with van der Waals surface area (Å²) in [5.74, 6) is -1.13. The maximum atomic E-state index is 14.2. The second kappa shape index (κ2) is 9.39. The molecule has 0 aromatic heterocycles. The summed E-state index contributed by atoms with van der Waals surface area (Å²) >= 11 is 0. The molecular formula is C28H28FN3O2. The van der Waals surface area contributed by atoms with Crippen LogP contribution in [0.3, 0.4) is 0 Å². The van der Waals surface area contributed by atoms with E-state index >= 15 is 0 Å². The number of imide groups is 1. The summed E-state index contributed by atoms with van der Waals surface area (Å²) in [6.07, 6.45) is 1.04. The van der Waals surface area contributed by atoms with Gasteiger partial charge in [0.2, 0.25) is 0 Å². The Morgan fingerprint density at radius 1 is 0.765 bits per heavy atom. The molecule has 5 rings (SSSR count). The van der Waals surface area contributed by atoms with E-state index in [4.69, 9.17) is 0 Å². The van der Waals surface area contributed by atoms with E-state index in [9.17, 15) is 14.0 Å². The highest BCUT2D eigenvalue weighted by atomic mass is 19.1. The first kappa shape index (κ1) is 22.3. The van der Waals surface area contributed by atoms with Gasteiger partial charge in [-0.3, -0.25) is 19.4 Å². The zero-order chi connectivity index (χ0) is 23.7. The van der Waals surface area contributed by atoms with Gasteiger partial charge >= 0.3 is 0 Å². The van der Waals surface area contributed by atoms with Gasteiger partial charge in [-0.2, -0.15) is 0 Å². The number of rotatable bonds is 6. The molecule has 0 bridgehead atoms. The number of benzene rings is 3. The fraction of sp³-hybridized carbons (Fsp3) is 0.286. The lowest BCUT2D eigenvalue weighted by atomic mass is 10.1. The molecule has 0 N–H and O–H groups in total. The molecule has 0 saturated carbocycles. The van der Waals surface area contributed by atoms with Crippen LogP contribution in [0.5, 0.6) is 0 Å². The number of nitrogens with zero attached hydrogens (tertiary/aromatic N) is 3. The molecular weight excluding hydrogens is 429 g/mol. The highest BCUT2D eigenvalue weighted by Gasteiger charge is 2.39. The maximum absolute atomic E-state index is 14.2. The molecule has 0 aliphatic carbocycles. The lowest BCUT2D eigenvalue weighted by Gasteiger charge is -2.36. The topological polar surface area (TPSA) is 43.9 Å². The SMILES string of the molecule is CCc1ccc(CN2CCN(c3cccc4c3C(=O)N(Cc3ccccc3F)C4=O)CC2)cc1. The Bertz CT molecular complexity index is 1220. The first-order valence-electron chi connectivity index (χ1n) is 11.8. The van der Waals surface area contributed by atoms with E-state index in [1.165, 1.54) is 17.2 Å². The van der Waals surface area contributed by atoms with Gasteiger partial charge in [0.15, 0.2) is 0 Å².